The summed E-state index contributed by atoms with van der Waals surface area (Å²) in [7, 11) is 3.43. The number of hydrogen-bond donors (Lipinski definition) is 2. The zero-order valence-electron chi connectivity index (χ0n) is 11.8. The van der Waals surface area contributed by atoms with Gasteiger partial charge in [-0.2, -0.15) is 0 Å². The lowest BCUT2D eigenvalue weighted by atomic mass is 9.94. The summed E-state index contributed by atoms with van der Waals surface area (Å²) in [5.74, 6) is 0.634. The van der Waals surface area contributed by atoms with Gasteiger partial charge < -0.3 is 20.1 Å². The molecule has 106 valence electrons. The van der Waals surface area contributed by atoms with E-state index in [4.69, 9.17) is 9.47 Å². The van der Waals surface area contributed by atoms with Gasteiger partial charge in [0.25, 0.3) is 0 Å². The first-order chi connectivity index (χ1) is 9.33. The van der Waals surface area contributed by atoms with E-state index in [9.17, 15) is 0 Å². The molecule has 2 N–H and O–H groups in total. The summed E-state index contributed by atoms with van der Waals surface area (Å²) in [5.41, 5.74) is 2.70. The molecule has 1 aliphatic rings. The molecule has 2 atom stereocenters. The summed E-state index contributed by atoms with van der Waals surface area (Å²) >= 11 is 0. The predicted molar refractivity (Wildman–Crippen MR) is 77.7 cm³/mol. The summed E-state index contributed by atoms with van der Waals surface area (Å²) in [6.45, 7) is 3.51. The molecule has 0 amide bonds. The Kier molecular flexibility index (Phi) is 5.63. The minimum atomic E-state index is 0.133. The first-order valence-electron chi connectivity index (χ1n) is 6.87. The molecule has 0 bridgehead atoms. The molecule has 19 heavy (non-hydrogen) atoms. The van der Waals surface area contributed by atoms with Crippen molar-refractivity contribution >= 4 is 5.69 Å². The number of fused-ring (bicyclic) bond motifs is 1. The minimum absolute atomic E-state index is 0.133. The molecule has 4 heteroatoms. The highest BCUT2D eigenvalue weighted by atomic mass is 16.5. The number of ether oxygens (including phenoxy) is 2. The maximum absolute atomic E-state index is 5.33. The Morgan fingerprint density at radius 2 is 2.21 bits per heavy atom. The summed E-state index contributed by atoms with van der Waals surface area (Å²) in [5, 5.41) is 6.97. The van der Waals surface area contributed by atoms with Crippen molar-refractivity contribution in [3.05, 3.63) is 29.8 Å². The van der Waals surface area contributed by atoms with Crippen molar-refractivity contribution in [2.75, 3.05) is 45.8 Å². The first-order valence-corrected chi connectivity index (χ1v) is 6.87. The van der Waals surface area contributed by atoms with E-state index in [2.05, 4.69) is 34.9 Å². The Balaban J connectivity index is 1.73. The van der Waals surface area contributed by atoms with E-state index < -0.39 is 0 Å². The topological polar surface area (TPSA) is 42.5 Å². The van der Waals surface area contributed by atoms with Crippen LogP contribution in [-0.4, -0.2) is 46.6 Å². The lowest BCUT2D eigenvalue weighted by Gasteiger charge is -2.27. The molecule has 1 aromatic rings. The van der Waals surface area contributed by atoms with E-state index in [0.29, 0.717) is 12.5 Å². The molecule has 4 nitrogen and oxygen atoms in total. The van der Waals surface area contributed by atoms with Crippen LogP contribution in [0, 0.1) is 5.92 Å². The highest BCUT2D eigenvalue weighted by Crippen LogP contribution is 2.23. The molecule has 1 heterocycles. The van der Waals surface area contributed by atoms with Gasteiger partial charge >= 0.3 is 0 Å². The lowest BCUT2D eigenvalue weighted by Crippen LogP contribution is -2.38. The van der Waals surface area contributed by atoms with Crippen LogP contribution in [0.2, 0.25) is 0 Å². The fourth-order valence-electron chi connectivity index (χ4n) is 2.50. The van der Waals surface area contributed by atoms with Crippen LogP contribution in [0.3, 0.4) is 0 Å². The van der Waals surface area contributed by atoms with Crippen LogP contribution < -0.4 is 10.6 Å². The number of rotatable bonds is 7. The zero-order chi connectivity index (χ0) is 13.5. The second kappa shape index (κ2) is 7.48. The number of methoxy groups -OCH3 is 2. The molecular weight excluding hydrogens is 240 g/mol. The van der Waals surface area contributed by atoms with Gasteiger partial charge in [-0.05, 0) is 24.0 Å². The standard InChI is InChI=1S/C15H24N2O2/c1-18-11-14(19-2)10-16-8-12-7-13-5-3-4-6-15(13)17-9-12/h3-6,12,14,16-17H,7-11H2,1-2H3. The van der Waals surface area contributed by atoms with Crippen molar-refractivity contribution < 1.29 is 9.47 Å². The number of para-hydroxylation sites is 1. The molecule has 0 saturated heterocycles. The Labute approximate surface area is 115 Å². The van der Waals surface area contributed by atoms with Gasteiger partial charge in [-0.1, -0.05) is 18.2 Å². The van der Waals surface area contributed by atoms with Crippen molar-refractivity contribution in [2.45, 2.75) is 12.5 Å². The van der Waals surface area contributed by atoms with Crippen molar-refractivity contribution in [1.29, 1.82) is 0 Å². The molecule has 1 aliphatic heterocycles. The summed E-state index contributed by atoms with van der Waals surface area (Å²) in [4.78, 5) is 0. The smallest absolute Gasteiger partial charge is 0.0928 e. The van der Waals surface area contributed by atoms with Crippen LogP contribution in [0.25, 0.3) is 0 Å². The van der Waals surface area contributed by atoms with E-state index in [1.165, 1.54) is 11.3 Å². The molecule has 0 fully saturated rings. The van der Waals surface area contributed by atoms with Gasteiger partial charge in [0.1, 0.15) is 0 Å². The second-order valence-electron chi connectivity index (χ2n) is 5.08. The average Bonchev–Trinajstić information content (AvgIpc) is 2.46. The van der Waals surface area contributed by atoms with Crippen LogP contribution in [0.15, 0.2) is 24.3 Å². The third-order valence-electron chi connectivity index (χ3n) is 3.60. The molecule has 0 spiro atoms. The molecule has 1 aromatic carbocycles. The molecule has 2 rings (SSSR count). The Morgan fingerprint density at radius 1 is 1.37 bits per heavy atom. The molecule has 0 aromatic heterocycles. The zero-order valence-corrected chi connectivity index (χ0v) is 11.8. The van der Waals surface area contributed by atoms with E-state index in [1.54, 1.807) is 14.2 Å². The molecule has 0 saturated carbocycles. The fourth-order valence-corrected chi connectivity index (χ4v) is 2.50. The number of hydrogen-bond acceptors (Lipinski definition) is 4. The second-order valence-corrected chi connectivity index (χ2v) is 5.08. The summed E-state index contributed by atoms with van der Waals surface area (Å²) < 4.78 is 10.4. The SMILES string of the molecule is COCC(CNCC1CNc2ccccc2C1)OC. The predicted octanol–water partition coefficient (Wildman–Crippen LogP) is 1.52. The summed E-state index contributed by atoms with van der Waals surface area (Å²) in [6.07, 6.45) is 1.27. The van der Waals surface area contributed by atoms with Crippen LogP contribution >= 0.6 is 0 Å². The van der Waals surface area contributed by atoms with Crippen LogP contribution in [0.4, 0.5) is 5.69 Å². The van der Waals surface area contributed by atoms with Gasteiger partial charge in [-0.3, -0.25) is 0 Å². The number of nitrogens with one attached hydrogen (secondary N) is 2. The van der Waals surface area contributed by atoms with Gasteiger partial charge in [0.2, 0.25) is 0 Å². The highest BCUT2D eigenvalue weighted by Gasteiger charge is 2.17. The maximum Gasteiger partial charge on any atom is 0.0928 e. The van der Waals surface area contributed by atoms with Crippen LogP contribution in [0.1, 0.15) is 5.56 Å². The van der Waals surface area contributed by atoms with E-state index in [1.807, 2.05) is 0 Å². The van der Waals surface area contributed by atoms with E-state index in [-0.39, 0.29) is 6.10 Å². The largest absolute Gasteiger partial charge is 0.384 e. The van der Waals surface area contributed by atoms with E-state index in [0.717, 1.165) is 26.1 Å². The first kappa shape index (κ1) is 14.3. The van der Waals surface area contributed by atoms with Crippen molar-refractivity contribution in [2.24, 2.45) is 5.92 Å². The molecule has 2 unspecified atom stereocenters. The minimum Gasteiger partial charge on any atom is -0.384 e. The van der Waals surface area contributed by atoms with Gasteiger partial charge in [-0.15, -0.1) is 0 Å². The van der Waals surface area contributed by atoms with Gasteiger partial charge in [0, 0.05) is 39.5 Å². The normalized spacial score (nSPS) is 19.6. The van der Waals surface area contributed by atoms with Crippen LogP contribution in [-0.2, 0) is 15.9 Å². The van der Waals surface area contributed by atoms with Gasteiger partial charge in [0.05, 0.1) is 12.7 Å². The molecule has 0 radical (unpaired) electrons. The highest BCUT2D eigenvalue weighted by molar-refractivity contribution is 5.53. The molecule has 0 aliphatic carbocycles. The summed E-state index contributed by atoms with van der Waals surface area (Å²) in [6, 6.07) is 8.55. The Morgan fingerprint density at radius 3 is 3.00 bits per heavy atom. The van der Waals surface area contributed by atoms with Crippen molar-refractivity contribution in [3.63, 3.8) is 0 Å². The lowest BCUT2D eigenvalue weighted by molar-refractivity contribution is 0.0285. The third-order valence-corrected chi connectivity index (χ3v) is 3.60. The van der Waals surface area contributed by atoms with Crippen molar-refractivity contribution in [1.82, 2.24) is 5.32 Å². The average molecular weight is 264 g/mol. The third kappa shape index (κ3) is 4.20. The monoisotopic (exact) mass is 264 g/mol. The van der Waals surface area contributed by atoms with Gasteiger partial charge in [0.15, 0.2) is 0 Å². The van der Waals surface area contributed by atoms with Gasteiger partial charge in [-0.25, -0.2) is 0 Å². The Hall–Kier alpha value is -1.10. The quantitative estimate of drug-likeness (QED) is 0.783. The fraction of sp³-hybridized carbons (Fsp3) is 0.600. The van der Waals surface area contributed by atoms with E-state index >= 15 is 0 Å². The number of anilines is 1. The number of benzene rings is 1. The maximum atomic E-state index is 5.33. The van der Waals surface area contributed by atoms with Crippen LogP contribution in [0.5, 0.6) is 0 Å². The molecular formula is C15H24N2O2. The van der Waals surface area contributed by atoms with Crippen molar-refractivity contribution in [3.8, 4) is 0 Å². The Bertz CT molecular complexity index is 384.